The predicted octanol–water partition coefficient (Wildman–Crippen LogP) is 5.81. The molecule has 0 saturated heterocycles. The topological polar surface area (TPSA) is 78.3 Å². The van der Waals surface area contributed by atoms with Crippen molar-refractivity contribution in [2.75, 3.05) is 18.2 Å². The first-order valence-electron chi connectivity index (χ1n) is 10.2. The monoisotopic (exact) mass is 518 g/mol. The summed E-state index contributed by atoms with van der Waals surface area (Å²) in [4.78, 5) is 12.5. The minimum Gasteiger partial charge on any atom is -0.493 e. The van der Waals surface area contributed by atoms with E-state index in [-0.39, 0.29) is 23.8 Å². The van der Waals surface area contributed by atoms with Gasteiger partial charge in [-0.25, -0.2) is 0 Å². The largest absolute Gasteiger partial charge is 0.493 e. The van der Waals surface area contributed by atoms with Gasteiger partial charge in [0.05, 0.1) is 12.9 Å². The number of ether oxygens (including phenoxy) is 2. The average Bonchev–Trinajstić information content (AvgIpc) is 3.19. The number of carbonyl (C=O) groups excluding carboxylic acids is 1. The summed E-state index contributed by atoms with van der Waals surface area (Å²) < 4.78 is 14.5. The number of aromatic nitrogens is 3. The number of anilines is 1. The summed E-state index contributed by atoms with van der Waals surface area (Å²) in [5.41, 5.74) is 1.79. The van der Waals surface area contributed by atoms with Crippen molar-refractivity contribution in [2.24, 2.45) is 0 Å². The second-order valence-corrected chi connectivity index (χ2v) is 9.37. The molecule has 1 heterocycles. The van der Waals surface area contributed by atoms with Gasteiger partial charge in [-0.2, -0.15) is 0 Å². The molecule has 170 valence electrons. The molecule has 0 aliphatic carbocycles. The zero-order chi connectivity index (χ0) is 23.3. The number of hydrogen-bond donors (Lipinski definition) is 1. The van der Waals surface area contributed by atoms with Crippen LogP contribution >= 0.6 is 27.7 Å². The van der Waals surface area contributed by atoms with Crippen LogP contribution in [0.1, 0.15) is 44.3 Å². The highest BCUT2D eigenvalue weighted by Gasteiger charge is 2.23. The summed E-state index contributed by atoms with van der Waals surface area (Å²) in [6.07, 6.45) is -0.352. The number of hydrogen-bond acceptors (Lipinski definition) is 6. The van der Waals surface area contributed by atoms with Crippen molar-refractivity contribution in [1.82, 2.24) is 14.8 Å². The van der Waals surface area contributed by atoms with Crippen molar-refractivity contribution >= 4 is 39.3 Å². The van der Waals surface area contributed by atoms with Gasteiger partial charge in [-0.3, -0.25) is 4.79 Å². The predicted molar refractivity (Wildman–Crippen MR) is 131 cm³/mol. The maximum Gasteiger partial charge on any atom is 0.234 e. The lowest BCUT2D eigenvalue weighted by Crippen LogP contribution is -2.17. The molecule has 1 amide bonds. The minimum absolute atomic E-state index is 0.0985. The normalized spacial score (nSPS) is 12.0. The first-order valence-corrected chi connectivity index (χ1v) is 12.0. The number of methoxy groups -OCH3 is 1. The van der Waals surface area contributed by atoms with Crippen LogP contribution in [0.4, 0.5) is 5.69 Å². The third-order valence-corrected chi connectivity index (χ3v) is 6.17. The van der Waals surface area contributed by atoms with Gasteiger partial charge in [0, 0.05) is 16.2 Å². The second-order valence-electron chi connectivity index (χ2n) is 7.51. The van der Waals surface area contributed by atoms with Crippen molar-refractivity contribution in [2.45, 2.75) is 45.0 Å². The standard InChI is InChI=1S/C23H27BrN4O3S/c1-14(2)28-22(16(4)31-20-9-7-6-8-19(20)30-5)26-27-23(28)32-13-21(29)25-18-11-10-17(24)12-15(18)3/h6-12,14,16H,13H2,1-5H3,(H,25,29). The summed E-state index contributed by atoms with van der Waals surface area (Å²) in [6.45, 7) is 7.99. The van der Waals surface area contributed by atoms with Crippen LogP contribution in [0, 0.1) is 6.92 Å². The number of benzene rings is 2. The number of thioether (sulfide) groups is 1. The van der Waals surface area contributed by atoms with E-state index in [4.69, 9.17) is 9.47 Å². The minimum atomic E-state index is -0.352. The Balaban J connectivity index is 1.71. The van der Waals surface area contributed by atoms with Crippen LogP contribution in [0.2, 0.25) is 0 Å². The lowest BCUT2D eigenvalue weighted by atomic mass is 10.2. The smallest absolute Gasteiger partial charge is 0.234 e. The van der Waals surface area contributed by atoms with Crippen molar-refractivity contribution in [3.63, 3.8) is 0 Å². The van der Waals surface area contributed by atoms with E-state index in [0.29, 0.717) is 22.5 Å². The van der Waals surface area contributed by atoms with E-state index in [2.05, 4.69) is 45.3 Å². The zero-order valence-corrected chi connectivity index (χ0v) is 21.2. The highest BCUT2D eigenvalue weighted by molar-refractivity contribution is 9.10. The van der Waals surface area contributed by atoms with Crippen LogP contribution in [0.25, 0.3) is 0 Å². The number of carbonyl (C=O) groups is 1. The van der Waals surface area contributed by atoms with Gasteiger partial charge in [-0.1, -0.05) is 39.8 Å². The van der Waals surface area contributed by atoms with Gasteiger partial charge in [0.2, 0.25) is 5.91 Å². The first kappa shape index (κ1) is 24.1. The first-order chi connectivity index (χ1) is 15.3. The Morgan fingerprint density at radius 1 is 1.16 bits per heavy atom. The molecule has 0 bridgehead atoms. The maximum absolute atomic E-state index is 12.5. The van der Waals surface area contributed by atoms with Crippen LogP contribution in [0.5, 0.6) is 11.5 Å². The van der Waals surface area contributed by atoms with Crippen LogP contribution < -0.4 is 14.8 Å². The Labute approximate surface area is 201 Å². The maximum atomic E-state index is 12.5. The van der Waals surface area contributed by atoms with Crippen molar-refractivity contribution < 1.29 is 14.3 Å². The Morgan fingerprint density at radius 2 is 1.88 bits per heavy atom. The Bertz CT molecular complexity index is 1090. The molecule has 1 atom stereocenters. The van der Waals surface area contributed by atoms with Gasteiger partial charge >= 0.3 is 0 Å². The fraction of sp³-hybridized carbons (Fsp3) is 0.348. The van der Waals surface area contributed by atoms with E-state index in [1.54, 1.807) is 7.11 Å². The van der Waals surface area contributed by atoms with Crippen molar-refractivity contribution in [3.05, 3.63) is 58.3 Å². The summed E-state index contributed by atoms with van der Waals surface area (Å²) in [7, 11) is 1.61. The Hall–Kier alpha value is -2.52. The van der Waals surface area contributed by atoms with E-state index in [1.807, 2.05) is 60.9 Å². The third kappa shape index (κ3) is 5.83. The number of rotatable bonds is 9. The van der Waals surface area contributed by atoms with Crippen LogP contribution in [-0.2, 0) is 4.79 Å². The van der Waals surface area contributed by atoms with Crippen LogP contribution in [0.3, 0.4) is 0 Å². The fourth-order valence-electron chi connectivity index (χ4n) is 3.19. The van der Waals surface area contributed by atoms with Crippen LogP contribution in [-0.4, -0.2) is 33.5 Å². The SMILES string of the molecule is COc1ccccc1OC(C)c1nnc(SCC(=O)Nc2ccc(Br)cc2C)n1C(C)C. The fourth-order valence-corrected chi connectivity index (χ4v) is 4.54. The molecule has 0 aliphatic rings. The summed E-state index contributed by atoms with van der Waals surface area (Å²) in [6, 6.07) is 13.3. The molecule has 0 radical (unpaired) electrons. The second kappa shape index (κ2) is 10.9. The highest BCUT2D eigenvalue weighted by atomic mass is 79.9. The van der Waals surface area contributed by atoms with Gasteiger partial charge in [0.25, 0.3) is 0 Å². The summed E-state index contributed by atoms with van der Waals surface area (Å²) >= 11 is 4.79. The molecule has 1 N–H and O–H groups in total. The number of aryl methyl sites for hydroxylation is 1. The van der Waals surface area contributed by atoms with Gasteiger partial charge in [0.1, 0.15) is 0 Å². The molecule has 9 heteroatoms. The molecule has 0 fully saturated rings. The molecule has 1 unspecified atom stereocenters. The lowest BCUT2D eigenvalue weighted by molar-refractivity contribution is -0.113. The van der Waals surface area contributed by atoms with E-state index >= 15 is 0 Å². The zero-order valence-electron chi connectivity index (χ0n) is 18.8. The van der Waals surface area contributed by atoms with Gasteiger partial charge in [-0.15, -0.1) is 10.2 Å². The molecule has 0 saturated carbocycles. The molecule has 3 aromatic rings. The molecular formula is C23H27BrN4O3S. The third-order valence-electron chi connectivity index (χ3n) is 4.74. The van der Waals surface area contributed by atoms with Crippen molar-refractivity contribution in [1.29, 1.82) is 0 Å². The molecule has 2 aromatic carbocycles. The van der Waals surface area contributed by atoms with Gasteiger partial charge in [0.15, 0.2) is 28.6 Å². The molecule has 0 aliphatic heterocycles. The molecule has 32 heavy (non-hydrogen) atoms. The van der Waals surface area contributed by atoms with Gasteiger partial charge < -0.3 is 19.4 Å². The number of nitrogens with one attached hydrogen (secondary N) is 1. The highest BCUT2D eigenvalue weighted by Crippen LogP contribution is 2.32. The summed E-state index contributed by atoms with van der Waals surface area (Å²) in [5, 5.41) is 12.3. The number of amides is 1. The molecule has 7 nitrogen and oxygen atoms in total. The number of nitrogens with zero attached hydrogens (tertiary/aromatic N) is 3. The van der Waals surface area contributed by atoms with E-state index in [1.165, 1.54) is 11.8 Å². The summed E-state index contributed by atoms with van der Waals surface area (Å²) in [5.74, 6) is 2.11. The average molecular weight is 519 g/mol. The lowest BCUT2D eigenvalue weighted by Gasteiger charge is -2.19. The van der Waals surface area contributed by atoms with Crippen molar-refractivity contribution in [3.8, 4) is 11.5 Å². The number of halogens is 1. The van der Waals surface area contributed by atoms with E-state index in [0.717, 1.165) is 15.7 Å². The molecule has 1 aromatic heterocycles. The van der Waals surface area contributed by atoms with E-state index in [9.17, 15) is 4.79 Å². The quantitative estimate of drug-likeness (QED) is 0.360. The number of para-hydroxylation sites is 2. The molecule has 3 rings (SSSR count). The molecule has 0 spiro atoms. The Morgan fingerprint density at radius 3 is 2.53 bits per heavy atom. The van der Waals surface area contributed by atoms with Gasteiger partial charge in [-0.05, 0) is 63.6 Å². The molecular weight excluding hydrogens is 492 g/mol. The Kier molecular flexibility index (Phi) is 8.20. The van der Waals surface area contributed by atoms with E-state index < -0.39 is 0 Å². The van der Waals surface area contributed by atoms with Crippen LogP contribution in [0.15, 0.2) is 52.1 Å².